The van der Waals surface area contributed by atoms with Gasteiger partial charge in [0, 0.05) is 11.3 Å². The number of aromatic amines is 1. The van der Waals surface area contributed by atoms with Gasteiger partial charge >= 0.3 is 0 Å². The van der Waals surface area contributed by atoms with Crippen molar-refractivity contribution in [3.8, 4) is 5.75 Å². The highest BCUT2D eigenvalue weighted by Crippen LogP contribution is 2.26. The lowest BCUT2D eigenvalue weighted by Gasteiger charge is -2.19. The minimum absolute atomic E-state index is 0.0356. The van der Waals surface area contributed by atoms with Crippen LogP contribution in [0.25, 0.3) is 0 Å². The third-order valence-electron chi connectivity index (χ3n) is 3.20. The van der Waals surface area contributed by atoms with Crippen LogP contribution in [0.1, 0.15) is 48.1 Å². The van der Waals surface area contributed by atoms with Gasteiger partial charge < -0.3 is 5.11 Å². The summed E-state index contributed by atoms with van der Waals surface area (Å²) in [6.45, 7) is 8.06. The number of benzene rings is 1. The van der Waals surface area contributed by atoms with Crippen molar-refractivity contribution >= 4 is 12.1 Å². The quantitative estimate of drug-likeness (QED) is 0.601. The topological polar surface area (TPSA) is 90.4 Å². The highest BCUT2D eigenvalue weighted by atomic mass is 16.3. The molecule has 116 valence electrons. The SMILES string of the molecule is Cc1cc(C(=O)N/N=C/c2cc(C(C)(C)C)ccc2O)n[nH]1. The minimum atomic E-state index is -0.410. The predicted molar refractivity (Wildman–Crippen MR) is 85.2 cm³/mol. The third-order valence-corrected chi connectivity index (χ3v) is 3.20. The van der Waals surface area contributed by atoms with Gasteiger partial charge in [0.05, 0.1) is 6.21 Å². The van der Waals surface area contributed by atoms with Crippen LogP contribution in [0, 0.1) is 6.92 Å². The maximum atomic E-state index is 11.8. The van der Waals surface area contributed by atoms with Gasteiger partial charge in [0.25, 0.3) is 5.91 Å². The molecule has 3 N–H and O–H groups in total. The smallest absolute Gasteiger partial charge is 0.291 e. The molecule has 0 aliphatic heterocycles. The van der Waals surface area contributed by atoms with E-state index in [2.05, 4.69) is 41.5 Å². The van der Waals surface area contributed by atoms with Gasteiger partial charge in [-0.25, -0.2) is 5.43 Å². The van der Waals surface area contributed by atoms with Gasteiger partial charge in [-0.05, 0) is 36.1 Å². The Morgan fingerprint density at radius 1 is 1.36 bits per heavy atom. The average molecular weight is 300 g/mol. The molecule has 0 aliphatic carbocycles. The number of aromatic hydroxyl groups is 1. The van der Waals surface area contributed by atoms with E-state index in [1.165, 1.54) is 6.21 Å². The van der Waals surface area contributed by atoms with Crippen molar-refractivity contribution in [2.75, 3.05) is 0 Å². The number of hydrogen-bond acceptors (Lipinski definition) is 4. The summed E-state index contributed by atoms with van der Waals surface area (Å²) in [7, 11) is 0. The summed E-state index contributed by atoms with van der Waals surface area (Å²) >= 11 is 0. The maximum Gasteiger partial charge on any atom is 0.291 e. The van der Waals surface area contributed by atoms with Crippen LogP contribution in [0.4, 0.5) is 0 Å². The summed E-state index contributed by atoms with van der Waals surface area (Å²) in [5.41, 5.74) is 5.03. The van der Waals surface area contributed by atoms with Crippen LogP contribution in [0.15, 0.2) is 29.4 Å². The molecular weight excluding hydrogens is 280 g/mol. The fraction of sp³-hybridized carbons (Fsp3) is 0.312. The van der Waals surface area contributed by atoms with Crippen LogP contribution in [-0.2, 0) is 5.41 Å². The fourth-order valence-corrected chi connectivity index (χ4v) is 1.88. The Morgan fingerprint density at radius 3 is 2.68 bits per heavy atom. The molecule has 6 heteroatoms. The van der Waals surface area contributed by atoms with Gasteiger partial charge in [-0.2, -0.15) is 10.2 Å². The molecule has 0 saturated carbocycles. The first kappa shape index (κ1) is 15.8. The number of phenolic OH excluding ortho intramolecular Hbond substituents is 1. The molecular formula is C16H20N4O2. The number of phenols is 1. The number of H-pyrrole nitrogens is 1. The first-order chi connectivity index (χ1) is 10.3. The van der Waals surface area contributed by atoms with Crippen molar-refractivity contribution in [3.63, 3.8) is 0 Å². The molecule has 1 amide bonds. The fourth-order valence-electron chi connectivity index (χ4n) is 1.88. The molecule has 0 spiro atoms. The molecule has 2 aromatic rings. The number of hydrazone groups is 1. The molecule has 0 saturated heterocycles. The largest absolute Gasteiger partial charge is 0.507 e. The number of carbonyl (C=O) groups excluding carboxylic acids is 1. The minimum Gasteiger partial charge on any atom is -0.507 e. The van der Waals surface area contributed by atoms with Crippen LogP contribution in [0.3, 0.4) is 0 Å². The summed E-state index contributed by atoms with van der Waals surface area (Å²) in [5, 5.41) is 20.3. The molecule has 0 fully saturated rings. The van der Waals surface area contributed by atoms with E-state index in [-0.39, 0.29) is 16.9 Å². The Balaban J connectivity index is 2.11. The monoisotopic (exact) mass is 300 g/mol. The standard InChI is InChI=1S/C16H20N4O2/c1-10-7-13(19-18-10)15(22)20-17-9-11-8-12(16(2,3)4)5-6-14(11)21/h5-9,21H,1-4H3,(H,18,19)(H,20,22)/b17-9+. The lowest BCUT2D eigenvalue weighted by molar-refractivity contribution is 0.0950. The lowest BCUT2D eigenvalue weighted by atomic mass is 9.86. The van der Waals surface area contributed by atoms with E-state index in [1.54, 1.807) is 12.1 Å². The molecule has 0 aliphatic rings. The maximum absolute atomic E-state index is 11.8. The molecule has 0 radical (unpaired) electrons. The summed E-state index contributed by atoms with van der Waals surface area (Å²) < 4.78 is 0. The Bertz CT molecular complexity index is 711. The number of amides is 1. The number of nitrogens with zero attached hydrogens (tertiary/aromatic N) is 2. The summed E-state index contributed by atoms with van der Waals surface area (Å²) in [6, 6.07) is 6.98. The van der Waals surface area contributed by atoms with Crippen LogP contribution >= 0.6 is 0 Å². The van der Waals surface area contributed by atoms with Crippen molar-refractivity contribution < 1.29 is 9.90 Å². The summed E-state index contributed by atoms with van der Waals surface area (Å²) in [4.78, 5) is 11.8. The van der Waals surface area contributed by atoms with E-state index in [1.807, 2.05) is 19.1 Å². The van der Waals surface area contributed by atoms with Crippen LogP contribution < -0.4 is 5.43 Å². The molecule has 1 aromatic carbocycles. The molecule has 1 heterocycles. The first-order valence-electron chi connectivity index (χ1n) is 6.96. The highest BCUT2D eigenvalue weighted by Gasteiger charge is 2.15. The Kier molecular flexibility index (Phi) is 4.30. The zero-order valence-electron chi connectivity index (χ0n) is 13.1. The zero-order valence-corrected chi connectivity index (χ0v) is 13.1. The second-order valence-corrected chi connectivity index (χ2v) is 6.16. The number of rotatable bonds is 3. The van der Waals surface area contributed by atoms with E-state index >= 15 is 0 Å². The van der Waals surface area contributed by atoms with Gasteiger partial charge in [-0.3, -0.25) is 9.89 Å². The predicted octanol–water partition coefficient (Wildman–Crippen LogP) is 2.49. The average Bonchev–Trinajstić information content (AvgIpc) is 2.86. The molecule has 22 heavy (non-hydrogen) atoms. The van der Waals surface area contributed by atoms with Crippen molar-refractivity contribution in [1.82, 2.24) is 15.6 Å². The number of carbonyl (C=O) groups is 1. The van der Waals surface area contributed by atoms with E-state index in [4.69, 9.17) is 0 Å². The molecule has 0 atom stereocenters. The Hall–Kier alpha value is -2.63. The number of aromatic nitrogens is 2. The zero-order chi connectivity index (χ0) is 16.3. The normalized spacial score (nSPS) is 11.8. The van der Waals surface area contributed by atoms with E-state index in [0.29, 0.717) is 5.56 Å². The van der Waals surface area contributed by atoms with Crippen LogP contribution in [-0.4, -0.2) is 27.4 Å². The van der Waals surface area contributed by atoms with E-state index < -0.39 is 5.91 Å². The van der Waals surface area contributed by atoms with Crippen molar-refractivity contribution in [1.29, 1.82) is 0 Å². The van der Waals surface area contributed by atoms with Gasteiger partial charge in [-0.15, -0.1) is 0 Å². The van der Waals surface area contributed by atoms with E-state index in [9.17, 15) is 9.90 Å². The van der Waals surface area contributed by atoms with Crippen LogP contribution in [0.2, 0.25) is 0 Å². The van der Waals surface area contributed by atoms with E-state index in [0.717, 1.165) is 11.3 Å². The van der Waals surface area contributed by atoms with Gasteiger partial charge in [0.2, 0.25) is 0 Å². The first-order valence-corrected chi connectivity index (χ1v) is 6.96. The number of aryl methyl sites for hydroxylation is 1. The van der Waals surface area contributed by atoms with Crippen LogP contribution in [0.5, 0.6) is 5.75 Å². The van der Waals surface area contributed by atoms with Crippen molar-refractivity contribution in [2.45, 2.75) is 33.1 Å². The number of nitrogens with one attached hydrogen (secondary N) is 2. The Labute approximate surface area is 129 Å². The van der Waals surface area contributed by atoms with Gasteiger partial charge in [-0.1, -0.05) is 26.8 Å². The molecule has 6 nitrogen and oxygen atoms in total. The molecule has 2 rings (SSSR count). The second-order valence-electron chi connectivity index (χ2n) is 6.16. The Morgan fingerprint density at radius 2 is 2.09 bits per heavy atom. The second kappa shape index (κ2) is 6.01. The summed E-state index contributed by atoms with van der Waals surface area (Å²) in [6.07, 6.45) is 1.42. The van der Waals surface area contributed by atoms with Gasteiger partial charge in [0.15, 0.2) is 5.69 Å². The third kappa shape index (κ3) is 3.72. The van der Waals surface area contributed by atoms with Crippen molar-refractivity contribution in [2.24, 2.45) is 5.10 Å². The number of hydrogen-bond donors (Lipinski definition) is 3. The highest BCUT2D eigenvalue weighted by molar-refractivity contribution is 5.93. The lowest BCUT2D eigenvalue weighted by Crippen LogP contribution is -2.18. The molecule has 0 bridgehead atoms. The van der Waals surface area contributed by atoms with Gasteiger partial charge in [0.1, 0.15) is 5.75 Å². The molecule has 0 unspecified atom stereocenters. The summed E-state index contributed by atoms with van der Waals surface area (Å²) in [5.74, 6) is -0.298. The van der Waals surface area contributed by atoms with Crippen molar-refractivity contribution in [3.05, 3.63) is 46.8 Å². The molecule has 1 aromatic heterocycles.